The number of para-hydroxylation sites is 5. The van der Waals surface area contributed by atoms with Crippen molar-refractivity contribution >= 4 is 65.4 Å². The minimum Gasteiger partial charge on any atom is -0.309 e. The molecule has 11 aromatic rings. The van der Waals surface area contributed by atoms with Gasteiger partial charge in [-0.1, -0.05) is 109 Å². The summed E-state index contributed by atoms with van der Waals surface area (Å²) in [7, 11) is 0. The van der Waals surface area contributed by atoms with Gasteiger partial charge in [0.2, 0.25) is 0 Å². The lowest BCUT2D eigenvalue weighted by Crippen LogP contribution is -1.95. The molecule has 0 N–H and O–H groups in total. The third-order valence-electron chi connectivity index (χ3n) is 10.6. The SMILES string of the molecule is c1ccc(-n2c3ccccc3c3cc(-c4cccc5c4c4ccccc4n5-c4ccc5c(c4)c4ccccc4n5-c4ccccc4)ccc32)cc1. The van der Waals surface area contributed by atoms with Gasteiger partial charge in [-0.25, -0.2) is 0 Å². The van der Waals surface area contributed by atoms with Crippen molar-refractivity contribution in [3.63, 3.8) is 0 Å². The third-order valence-corrected chi connectivity index (χ3v) is 10.6. The largest absolute Gasteiger partial charge is 0.309 e. The Hall–Kier alpha value is -6.84. The molecule has 0 radical (unpaired) electrons. The van der Waals surface area contributed by atoms with Crippen LogP contribution < -0.4 is 0 Å². The maximum atomic E-state index is 2.45. The summed E-state index contributed by atoms with van der Waals surface area (Å²) in [5.74, 6) is 0. The molecule has 3 heteroatoms. The Kier molecular flexibility index (Phi) is 5.96. The third kappa shape index (κ3) is 4.06. The predicted molar refractivity (Wildman–Crippen MR) is 215 cm³/mol. The van der Waals surface area contributed by atoms with E-state index in [0.29, 0.717) is 0 Å². The lowest BCUT2D eigenvalue weighted by atomic mass is 9.98. The molecule has 3 heterocycles. The average Bonchev–Trinajstić information content (AvgIpc) is 3.84. The molecule has 0 saturated heterocycles. The highest BCUT2D eigenvalue weighted by atomic mass is 15.0. The fraction of sp³-hybridized carbons (Fsp3) is 0. The van der Waals surface area contributed by atoms with Crippen molar-refractivity contribution < 1.29 is 0 Å². The van der Waals surface area contributed by atoms with Gasteiger partial charge in [0, 0.05) is 49.4 Å². The molecule has 0 saturated carbocycles. The van der Waals surface area contributed by atoms with Crippen LogP contribution in [0, 0.1) is 0 Å². The fourth-order valence-electron chi connectivity index (χ4n) is 8.49. The van der Waals surface area contributed by atoms with E-state index in [0.717, 1.165) is 5.69 Å². The van der Waals surface area contributed by atoms with E-state index in [2.05, 4.69) is 202 Å². The van der Waals surface area contributed by atoms with Crippen LogP contribution in [0.2, 0.25) is 0 Å². The van der Waals surface area contributed by atoms with Crippen LogP contribution in [0.15, 0.2) is 188 Å². The molecule has 8 aromatic carbocycles. The first-order chi connectivity index (χ1) is 25.3. The Morgan fingerprint density at radius 2 is 0.706 bits per heavy atom. The van der Waals surface area contributed by atoms with Gasteiger partial charge in [0.25, 0.3) is 0 Å². The summed E-state index contributed by atoms with van der Waals surface area (Å²) in [6, 6.07) is 68.4. The van der Waals surface area contributed by atoms with E-state index in [9.17, 15) is 0 Å². The van der Waals surface area contributed by atoms with Crippen LogP contribution in [0.3, 0.4) is 0 Å². The Labute approximate surface area is 294 Å². The Balaban J connectivity index is 1.15. The minimum atomic E-state index is 1.16. The van der Waals surface area contributed by atoms with Crippen molar-refractivity contribution in [1.82, 2.24) is 13.7 Å². The van der Waals surface area contributed by atoms with Crippen LogP contribution in [-0.2, 0) is 0 Å². The molecule has 0 bridgehead atoms. The number of aromatic nitrogens is 3. The molecule has 0 amide bonds. The molecule has 11 rings (SSSR count). The van der Waals surface area contributed by atoms with Gasteiger partial charge in [0.1, 0.15) is 0 Å². The van der Waals surface area contributed by atoms with Crippen LogP contribution in [-0.4, -0.2) is 13.7 Å². The minimum absolute atomic E-state index is 1.16. The molecule has 0 spiro atoms. The highest BCUT2D eigenvalue weighted by Gasteiger charge is 2.19. The molecule has 3 aromatic heterocycles. The quantitative estimate of drug-likeness (QED) is 0.180. The van der Waals surface area contributed by atoms with Crippen LogP contribution in [0.1, 0.15) is 0 Å². The van der Waals surface area contributed by atoms with Crippen molar-refractivity contribution in [2.75, 3.05) is 0 Å². The number of benzene rings is 8. The van der Waals surface area contributed by atoms with E-state index in [-0.39, 0.29) is 0 Å². The maximum Gasteiger partial charge on any atom is 0.0547 e. The van der Waals surface area contributed by atoms with E-state index < -0.39 is 0 Å². The zero-order valence-corrected chi connectivity index (χ0v) is 27.7. The van der Waals surface area contributed by atoms with Gasteiger partial charge < -0.3 is 13.7 Å². The van der Waals surface area contributed by atoms with Gasteiger partial charge in [0.05, 0.1) is 33.1 Å². The zero-order chi connectivity index (χ0) is 33.5. The van der Waals surface area contributed by atoms with E-state index in [1.54, 1.807) is 0 Å². The highest BCUT2D eigenvalue weighted by Crippen LogP contribution is 2.42. The summed E-state index contributed by atoms with van der Waals surface area (Å²) >= 11 is 0. The number of fused-ring (bicyclic) bond motifs is 9. The van der Waals surface area contributed by atoms with Crippen molar-refractivity contribution in [2.24, 2.45) is 0 Å². The zero-order valence-electron chi connectivity index (χ0n) is 27.7. The van der Waals surface area contributed by atoms with Crippen molar-refractivity contribution in [2.45, 2.75) is 0 Å². The lowest BCUT2D eigenvalue weighted by molar-refractivity contribution is 1.17. The van der Waals surface area contributed by atoms with E-state index in [4.69, 9.17) is 0 Å². The second-order valence-electron chi connectivity index (χ2n) is 13.4. The normalized spacial score (nSPS) is 11.9. The molecular formula is C48H31N3. The predicted octanol–water partition coefficient (Wildman–Crippen LogP) is 12.6. The smallest absolute Gasteiger partial charge is 0.0547 e. The number of nitrogens with zero attached hydrogens (tertiary/aromatic N) is 3. The van der Waals surface area contributed by atoms with Crippen molar-refractivity contribution in [3.8, 4) is 28.2 Å². The fourth-order valence-corrected chi connectivity index (χ4v) is 8.49. The maximum absolute atomic E-state index is 2.45. The summed E-state index contributed by atoms with van der Waals surface area (Å²) in [5.41, 5.74) is 13.2. The van der Waals surface area contributed by atoms with Gasteiger partial charge in [0.15, 0.2) is 0 Å². The summed E-state index contributed by atoms with van der Waals surface area (Å²) in [5, 5.41) is 7.54. The van der Waals surface area contributed by atoms with Crippen LogP contribution in [0.25, 0.3) is 93.6 Å². The standard InChI is InChI=1S/C48H31N3/c1-3-14-33(15-4-1)49-42-22-10-7-18-37(42)40-30-32(26-28-45(40)49)36-21-13-25-47-48(36)39-20-9-12-24-44(39)51(47)35-27-29-46-41(31-35)38-19-8-11-23-43(38)50(46)34-16-5-2-6-17-34/h1-31H. The lowest BCUT2D eigenvalue weighted by Gasteiger charge is -2.11. The van der Waals surface area contributed by atoms with Gasteiger partial charge in [-0.2, -0.15) is 0 Å². The second kappa shape index (κ2) is 10.8. The van der Waals surface area contributed by atoms with Crippen LogP contribution >= 0.6 is 0 Å². The summed E-state index contributed by atoms with van der Waals surface area (Å²) in [6.07, 6.45) is 0. The first-order valence-corrected chi connectivity index (χ1v) is 17.5. The number of rotatable bonds is 4. The highest BCUT2D eigenvalue weighted by molar-refractivity contribution is 6.18. The van der Waals surface area contributed by atoms with Gasteiger partial charge in [-0.15, -0.1) is 0 Å². The van der Waals surface area contributed by atoms with E-state index >= 15 is 0 Å². The summed E-state index contributed by atoms with van der Waals surface area (Å²) in [6.45, 7) is 0. The second-order valence-corrected chi connectivity index (χ2v) is 13.4. The molecular weight excluding hydrogens is 619 g/mol. The molecule has 238 valence electrons. The summed E-state index contributed by atoms with van der Waals surface area (Å²) < 4.78 is 7.21. The monoisotopic (exact) mass is 649 g/mol. The molecule has 0 unspecified atom stereocenters. The van der Waals surface area contributed by atoms with Gasteiger partial charge >= 0.3 is 0 Å². The van der Waals surface area contributed by atoms with Crippen molar-refractivity contribution in [1.29, 1.82) is 0 Å². The van der Waals surface area contributed by atoms with Crippen molar-refractivity contribution in [3.05, 3.63) is 188 Å². The molecule has 0 aliphatic heterocycles. The molecule has 0 aliphatic rings. The number of hydrogen-bond acceptors (Lipinski definition) is 0. The Morgan fingerprint density at radius 1 is 0.255 bits per heavy atom. The molecule has 0 aliphatic carbocycles. The molecule has 51 heavy (non-hydrogen) atoms. The topological polar surface area (TPSA) is 14.8 Å². The Bertz CT molecular complexity index is 3120. The van der Waals surface area contributed by atoms with E-state index in [1.807, 2.05) is 0 Å². The first kappa shape index (κ1) is 28.0. The first-order valence-electron chi connectivity index (χ1n) is 17.5. The molecule has 3 nitrogen and oxygen atoms in total. The Morgan fingerprint density at radius 3 is 1.33 bits per heavy atom. The summed E-state index contributed by atoms with van der Waals surface area (Å²) in [4.78, 5) is 0. The van der Waals surface area contributed by atoms with Gasteiger partial charge in [-0.3, -0.25) is 0 Å². The van der Waals surface area contributed by atoms with Crippen LogP contribution in [0.4, 0.5) is 0 Å². The van der Waals surface area contributed by atoms with Gasteiger partial charge in [-0.05, 0) is 90.0 Å². The van der Waals surface area contributed by atoms with Crippen LogP contribution in [0.5, 0.6) is 0 Å². The molecule has 0 fully saturated rings. The average molecular weight is 650 g/mol. The number of hydrogen-bond donors (Lipinski definition) is 0. The molecule has 0 atom stereocenters. The van der Waals surface area contributed by atoms with E-state index in [1.165, 1.54) is 87.9 Å².